The molecule has 3 heterocycles. The van der Waals surface area contributed by atoms with Crippen LogP contribution in [0.5, 0.6) is 5.75 Å². The first-order valence-corrected chi connectivity index (χ1v) is 25.9. The van der Waals surface area contributed by atoms with Gasteiger partial charge in [0, 0.05) is 44.1 Å². The number of carbonyl (C=O) groups is 7. The van der Waals surface area contributed by atoms with Crippen molar-refractivity contribution in [1.29, 1.82) is 0 Å². The highest BCUT2D eigenvalue weighted by Crippen LogP contribution is 2.28. The van der Waals surface area contributed by atoms with Gasteiger partial charge in [-0.3, -0.25) is 33.6 Å². The van der Waals surface area contributed by atoms with Gasteiger partial charge in [-0.2, -0.15) is 0 Å². The van der Waals surface area contributed by atoms with E-state index in [1.54, 1.807) is 54.6 Å². The monoisotopic (exact) mass is 1030 g/mol. The molecule has 0 aliphatic carbocycles. The average Bonchev–Trinajstić information content (AvgIpc) is 4.01. The van der Waals surface area contributed by atoms with E-state index in [0.29, 0.717) is 12.2 Å². The van der Waals surface area contributed by atoms with Crippen molar-refractivity contribution in [2.24, 2.45) is 5.73 Å². The van der Waals surface area contributed by atoms with E-state index in [4.69, 9.17) is 10.5 Å². The highest BCUT2D eigenvalue weighted by atomic mass is 16.5. The molecule has 3 saturated heterocycles. The van der Waals surface area contributed by atoms with Gasteiger partial charge < -0.3 is 62.2 Å². The van der Waals surface area contributed by atoms with E-state index in [9.17, 15) is 48.9 Å². The molecule has 400 valence electrons. The number of rotatable bonds is 13. The van der Waals surface area contributed by atoms with Crippen molar-refractivity contribution in [3.8, 4) is 28.0 Å². The fraction of sp³-hybridized carbons (Fsp3) is 0.446. The molecule has 0 aromatic heterocycles. The molecule has 3 aliphatic heterocycles. The molecule has 0 spiro atoms. The predicted molar refractivity (Wildman–Crippen MR) is 279 cm³/mol. The van der Waals surface area contributed by atoms with Crippen molar-refractivity contribution in [2.45, 2.75) is 133 Å². The van der Waals surface area contributed by atoms with Crippen LogP contribution >= 0.6 is 0 Å². The third kappa shape index (κ3) is 14.4. The number of aliphatic hydroxyl groups is 3. The normalized spacial score (nSPS) is 25.1. The first-order chi connectivity index (χ1) is 36.0. The van der Waals surface area contributed by atoms with E-state index >= 15 is 0 Å². The summed E-state index contributed by atoms with van der Waals surface area (Å²) in [4.78, 5) is 101. The molecule has 19 nitrogen and oxygen atoms in total. The molecule has 4 aromatic carbocycles. The number of nitrogens with two attached hydrogens (primary N) is 1. The van der Waals surface area contributed by atoms with Crippen molar-refractivity contribution >= 4 is 41.4 Å². The smallest absolute Gasteiger partial charge is 0.251 e. The number of benzene rings is 4. The minimum absolute atomic E-state index is 0.0315. The van der Waals surface area contributed by atoms with Crippen LogP contribution in [0.25, 0.3) is 22.3 Å². The lowest BCUT2D eigenvalue weighted by Gasteiger charge is -2.32. The second kappa shape index (κ2) is 25.8. The summed E-state index contributed by atoms with van der Waals surface area (Å²) in [5.41, 5.74) is 10.9. The summed E-state index contributed by atoms with van der Waals surface area (Å²) >= 11 is 0. The maximum Gasteiger partial charge on any atom is 0.251 e. The van der Waals surface area contributed by atoms with Crippen LogP contribution in [0.3, 0.4) is 0 Å². The molecule has 0 saturated carbocycles. The molecule has 0 bridgehead atoms. The Morgan fingerprint density at radius 1 is 0.693 bits per heavy atom. The number of fused-ring (bicyclic) bond motifs is 2. The van der Waals surface area contributed by atoms with Crippen LogP contribution in [0.4, 0.5) is 0 Å². The standard InChI is InChI=1S/C56H70N8O11/c1-4-5-9-27-75-43-24-22-39(23-25-43)37-16-14-36(15-17-37)38-18-20-40(21-19-38)50(68)59-44-13-10-26-58-53(71)46-29-41(57)31-63(46)55(73)48(33(2)65)62-52(70)45(28-35-11-7-6-8-12-35)60-54(72)47-30-42(67)32-64(47)56(74)49(34(3)66)61-51(44)69/h6-8,11-12,14-25,33-34,41-42,44-49,65-67H,4-5,9-10,13,26-32,57H2,1-3H3,(H,58,71)(H,59,68)(H,60,72)(H,61,69)(H,62,70)/t33?,34?,41-,42+,44-,45?,46?,47?,48?,49?/m0/s1. The van der Waals surface area contributed by atoms with Gasteiger partial charge in [-0.25, -0.2) is 0 Å². The number of hydrogen-bond acceptors (Lipinski definition) is 12. The molecule has 7 rings (SSSR count). The quantitative estimate of drug-likeness (QED) is 0.0870. The lowest BCUT2D eigenvalue weighted by Crippen LogP contribution is -2.62. The van der Waals surface area contributed by atoms with Crippen LogP contribution in [0.2, 0.25) is 0 Å². The van der Waals surface area contributed by atoms with Gasteiger partial charge in [0.05, 0.1) is 24.9 Å². The molecule has 3 aliphatic rings. The Labute approximate surface area is 436 Å². The van der Waals surface area contributed by atoms with Crippen molar-refractivity contribution in [2.75, 3.05) is 26.2 Å². The average molecular weight is 1030 g/mol. The third-order valence-corrected chi connectivity index (χ3v) is 14.0. The second-order valence-electron chi connectivity index (χ2n) is 19.8. The number of unbranched alkanes of at least 4 members (excludes halogenated alkanes) is 2. The molecule has 3 fully saturated rings. The van der Waals surface area contributed by atoms with E-state index in [0.717, 1.165) is 52.2 Å². The van der Waals surface area contributed by atoms with Crippen molar-refractivity contribution in [1.82, 2.24) is 36.4 Å². The fourth-order valence-electron chi connectivity index (χ4n) is 9.74. The summed E-state index contributed by atoms with van der Waals surface area (Å²) in [7, 11) is 0. The summed E-state index contributed by atoms with van der Waals surface area (Å²) in [5.74, 6) is -4.64. The molecule has 4 aromatic rings. The summed E-state index contributed by atoms with van der Waals surface area (Å²) in [6.07, 6.45) is -1.18. The molecule has 10 atom stereocenters. The van der Waals surface area contributed by atoms with Crippen LogP contribution < -0.4 is 37.1 Å². The number of aliphatic hydroxyl groups excluding tert-OH is 3. The van der Waals surface area contributed by atoms with Crippen LogP contribution in [0, 0.1) is 0 Å². The first-order valence-electron chi connectivity index (χ1n) is 25.9. The van der Waals surface area contributed by atoms with Gasteiger partial charge >= 0.3 is 0 Å². The highest BCUT2D eigenvalue weighted by molar-refractivity contribution is 6.00. The zero-order chi connectivity index (χ0) is 53.8. The number of nitrogens with one attached hydrogen (secondary N) is 5. The summed E-state index contributed by atoms with van der Waals surface area (Å²) < 4.78 is 5.86. The predicted octanol–water partition coefficient (Wildman–Crippen LogP) is 1.95. The van der Waals surface area contributed by atoms with Crippen LogP contribution in [-0.4, -0.2) is 153 Å². The molecular formula is C56H70N8O11. The molecule has 0 radical (unpaired) electrons. The van der Waals surface area contributed by atoms with Crippen molar-refractivity contribution < 1.29 is 53.6 Å². The van der Waals surface area contributed by atoms with Crippen LogP contribution in [0.1, 0.15) is 81.6 Å². The van der Waals surface area contributed by atoms with Gasteiger partial charge in [0.15, 0.2) is 0 Å². The summed E-state index contributed by atoms with van der Waals surface area (Å²) in [6, 6.07) is 22.4. The molecule has 7 amide bonds. The number of hydrogen-bond donors (Lipinski definition) is 9. The Morgan fingerprint density at radius 2 is 1.24 bits per heavy atom. The fourth-order valence-corrected chi connectivity index (χ4v) is 9.74. The topological polar surface area (TPSA) is 282 Å². The van der Waals surface area contributed by atoms with Gasteiger partial charge in [-0.15, -0.1) is 0 Å². The third-order valence-electron chi connectivity index (χ3n) is 14.0. The van der Waals surface area contributed by atoms with Crippen LogP contribution in [0.15, 0.2) is 103 Å². The summed E-state index contributed by atoms with van der Waals surface area (Å²) in [6.45, 7) is 4.95. The Morgan fingerprint density at radius 3 is 1.83 bits per heavy atom. The zero-order valence-electron chi connectivity index (χ0n) is 42.7. The molecule has 75 heavy (non-hydrogen) atoms. The second-order valence-corrected chi connectivity index (χ2v) is 19.8. The Hall–Kier alpha value is -7.19. The van der Waals surface area contributed by atoms with Gasteiger partial charge in [0.1, 0.15) is 42.0 Å². The maximum atomic E-state index is 14.4. The molecule has 10 N–H and O–H groups in total. The van der Waals surface area contributed by atoms with Crippen molar-refractivity contribution in [3.63, 3.8) is 0 Å². The minimum Gasteiger partial charge on any atom is -0.494 e. The maximum absolute atomic E-state index is 14.4. The van der Waals surface area contributed by atoms with E-state index in [2.05, 4.69) is 33.5 Å². The van der Waals surface area contributed by atoms with E-state index in [1.807, 2.05) is 48.5 Å². The number of carbonyl (C=O) groups excluding carboxylic acids is 7. The van der Waals surface area contributed by atoms with Gasteiger partial charge in [0.2, 0.25) is 35.4 Å². The van der Waals surface area contributed by atoms with E-state index < -0.39 is 102 Å². The number of amides is 7. The van der Waals surface area contributed by atoms with E-state index in [-0.39, 0.29) is 57.3 Å². The first kappa shape index (κ1) is 55.6. The minimum atomic E-state index is -1.66. The SMILES string of the molecule is CCCCCOc1ccc(-c2ccc(-c3ccc(C(=O)N[C@H]4CCCNC(=O)C5C[C@H](N)CN5C(=O)C(C(C)O)NC(=O)C(Cc5ccccc5)NC(=O)C5C[C@@H](O)CN5C(=O)C(C(C)O)NC4=O)cc3)cc2)cc1. The zero-order valence-corrected chi connectivity index (χ0v) is 42.7. The Bertz CT molecular complexity index is 2620. The Kier molecular flexibility index (Phi) is 19.1. The number of ether oxygens (including phenoxy) is 1. The largest absolute Gasteiger partial charge is 0.494 e. The number of nitrogens with zero attached hydrogens (tertiary/aromatic N) is 2. The molecule has 7 unspecified atom stereocenters. The van der Waals surface area contributed by atoms with Gasteiger partial charge in [-0.1, -0.05) is 98.6 Å². The van der Waals surface area contributed by atoms with Crippen molar-refractivity contribution in [3.05, 3.63) is 114 Å². The molecule has 19 heteroatoms. The van der Waals surface area contributed by atoms with Crippen LogP contribution in [-0.2, 0) is 35.2 Å². The van der Waals surface area contributed by atoms with Gasteiger partial charge in [0.25, 0.3) is 5.91 Å². The lowest BCUT2D eigenvalue weighted by atomic mass is 9.99. The molecular weight excluding hydrogens is 961 g/mol. The van der Waals surface area contributed by atoms with Gasteiger partial charge in [-0.05, 0) is 91.6 Å². The Balaban J connectivity index is 1.11. The van der Waals surface area contributed by atoms with E-state index in [1.165, 1.54) is 18.7 Å². The highest BCUT2D eigenvalue weighted by Gasteiger charge is 2.46. The lowest BCUT2D eigenvalue weighted by molar-refractivity contribution is -0.145. The summed E-state index contributed by atoms with van der Waals surface area (Å²) in [5, 5.41) is 46.2.